The van der Waals surface area contributed by atoms with E-state index in [0.717, 1.165) is 12.1 Å². The highest BCUT2D eigenvalue weighted by atomic mass is 32.1. The van der Waals surface area contributed by atoms with Gasteiger partial charge in [-0.1, -0.05) is 54.6 Å². The molecule has 20 heavy (non-hydrogen) atoms. The summed E-state index contributed by atoms with van der Waals surface area (Å²) < 4.78 is 0. The zero-order chi connectivity index (χ0) is 13.9. The standard InChI is InChI=1S/C17H16N2S/c1-12-7-5-6-10-14(12)16-15(20-17(18)19-16)11-13-8-3-2-4-9-13/h2-10H,11H2,1H3,(H2,18,19). The smallest absolute Gasteiger partial charge is 0.180 e. The van der Waals surface area contributed by atoms with Crippen molar-refractivity contribution >= 4 is 16.5 Å². The predicted molar refractivity (Wildman–Crippen MR) is 85.9 cm³/mol. The molecule has 0 aliphatic heterocycles. The van der Waals surface area contributed by atoms with Gasteiger partial charge in [-0.15, -0.1) is 11.3 Å². The van der Waals surface area contributed by atoms with Gasteiger partial charge in [0.05, 0.1) is 5.69 Å². The van der Waals surface area contributed by atoms with Crippen LogP contribution in [0.1, 0.15) is 16.0 Å². The number of thiazole rings is 1. The van der Waals surface area contributed by atoms with Crippen LogP contribution in [-0.4, -0.2) is 4.98 Å². The van der Waals surface area contributed by atoms with Gasteiger partial charge in [0, 0.05) is 16.9 Å². The summed E-state index contributed by atoms with van der Waals surface area (Å²) in [6.07, 6.45) is 0.874. The van der Waals surface area contributed by atoms with Crippen molar-refractivity contribution in [1.82, 2.24) is 4.98 Å². The first-order valence-electron chi connectivity index (χ1n) is 6.59. The van der Waals surface area contributed by atoms with Crippen LogP contribution in [0.5, 0.6) is 0 Å². The fraction of sp³-hybridized carbons (Fsp3) is 0.118. The van der Waals surface area contributed by atoms with Crippen molar-refractivity contribution in [3.05, 3.63) is 70.6 Å². The highest BCUT2D eigenvalue weighted by Gasteiger charge is 2.13. The summed E-state index contributed by atoms with van der Waals surface area (Å²) >= 11 is 1.58. The van der Waals surface area contributed by atoms with Crippen LogP contribution in [-0.2, 0) is 6.42 Å². The van der Waals surface area contributed by atoms with E-state index in [1.54, 1.807) is 11.3 Å². The van der Waals surface area contributed by atoms with E-state index in [2.05, 4.69) is 48.3 Å². The highest BCUT2D eigenvalue weighted by Crippen LogP contribution is 2.33. The number of rotatable bonds is 3. The Bertz CT molecular complexity index is 717. The summed E-state index contributed by atoms with van der Waals surface area (Å²) in [4.78, 5) is 5.76. The molecular weight excluding hydrogens is 264 g/mol. The SMILES string of the molecule is Cc1ccccc1-c1nc(N)sc1Cc1ccccc1. The van der Waals surface area contributed by atoms with E-state index in [0.29, 0.717) is 5.13 Å². The van der Waals surface area contributed by atoms with Crippen LogP contribution < -0.4 is 5.73 Å². The van der Waals surface area contributed by atoms with Gasteiger partial charge in [-0.2, -0.15) is 0 Å². The van der Waals surface area contributed by atoms with E-state index < -0.39 is 0 Å². The Morgan fingerprint density at radius 1 is 1.00 bits per heavy atom. The van der Waals surface area contributed by atoms with Gasteiger partial charge in [-0.25, -0.2) is 4.98 Å². The average Bonchev–Trinajstić information content (AvgIpc) is 2.81. The summed E-state index contributed by atoms with van der Waals surface area (Å²) in [6.45, 7) is 2.11. The zero-order valence-corrected chi connectivity index (χ0v) is 12.2. The number of hydrogen-bond acceptors (Lipinski definition) is 3. The molecule has 0 bridgehead atoms. The quantitative estimate of drug-likeness (QED) is 0.777. The molecule has 0 unspecified atom stereocenters. The van der Waals surface area contributed by atoms with Crippen molar-refractivity contribution in [2.24, 2.45) is 0 Å². The first-order valence-corrected chi connectivity index (χ1v) is 7.41. The van der Waals surface area contributed by atoms with E-state index >= 15 is 0 Å². The maximum absolute atomic E-state index is 5.93. The molecule has 0 fully saturated rings. The van der Waals surface area contributed by atoms with Crippen LogP contribution >= 0.6 is 11.3 Å². The van der Waals surface area contributed by atoms with Crippen molar-refractivity contribution < 1.29 is 0 Å². The monoisotopic (exact) mass is 280 g/mol. The first-order chi connectivity index (χ1) is 9.74. The van der Waals surface area contributed by atoms with Crippen LogP contribution in [0.4, 0.5) is 5.13 Å². The number of nitrogens with two attached hydrogens (primary N) is 1. The molecule has 0 aliphatic rings. The normalized spacial score (nSPS) is 10.7. The number of anilines is 1. The fourth-order valence-electron chi connectivity index (χ4n) is 2.32. The number of aryl methyl sites for hydroxylation is 1. The topological polar surface area (TPSA) is 38.9 Å². The molecule has 0 aliphatic carbocycles. The van der Waals surface area contributed by atoms with Crippen LogP contribution in [0, 0.1) is 6.92 Å². The molecule has 3 rings (SSSR count). The van der Waals surface area contributed by atoms with Gasteiger partial charge >= 0.3 is 0 Å². The Labute approximate surface area is 122 Å². The number of aromatic nitrogens is 1. The molecule has 0 radical (unpaired) electrons. The van der Waals surface area contributed by atoms with E-state index in [4.69, 9.17) is 5.73 Å². The number of nitrogens with zero attached hydrogens (tertiary/aromatic N) is 1. The molecule has 3 heteroatoms. The van der Waals surface area contributed by atoms with Crippen molar-refractivity contribution in [2.45, 2.75) is 13.3 Å². The lowest BCUT2D eigenvalue weighted by Crippen LogP contribution is -1.91. The molecule has 3 aromatic rings. The molecule has 100 valence electrons. The minimum atomic E-state index is 0.634. The Morgan fingerprint density at radius 3 is 2.45 bits per heavy atom. The van der Waals surface area contributed by atoms with Crippen molar-refractivity contribution in [3.63, 3.8) is 0 Å². The van der Waals surface area contributed by atoms with Crippen molar-refractivity contribution in [1.29, 1.82) is 0 Å². The summed E-state index contributed by atoms with van der Waals surface area (Å²) in [7, 11) is 0. The average molecular weight is 280 g/mol. The third-order valence-electron chi connectivity index (χ3n) is 3.32. The molecule has 0 saturated carbocycles. The Hall–Kier alpha value is -2.13. The Morgan fingerprint density at radius 2 is 1.70 bits per heavy atom. The second-order valence-corrected chi connectivity index (χ2v) is 5.92. The van der Waals surface area contributed by atoms with Gasteiger partial charge in [0.25, 0.3) is 0 Å². The zero-order valence-electron chi connectivity index (χ0n) is 11.3. The van der Waals surface area contributed by atoms with Crippen molar-refractivity contribution in [2.75, 3.05) is 5.73 Å². The molecule has 0 saturated heterocycles. The highest BCUT2D eigenvalue weighted by molar-refractivity contribution is 7.15. The predicted octanol–water partition coefficient (Wildman–Crippen LogP) is 4.29. The third kappa shape index (κ3) is 2.58. The molecule has 0 amide bonds. The lowest BCUT2D eigenvalue weighted by molar-refractivity contribution is 1.22. The maximum Gasteiger partial charge on any atom is 0.180 e. The number of benzene rings is 2. The van der Waals surface area contributed by atoms with Gasteiger partial charge in [0.15, 0.2) is 5.13 Å². The summed E-state index contributed by atoms with van der Waals surface area (Å²) in [5, 5.41) is 0.634. The minimum absolute atomic E-state index is 0.634. The van der Waals surface area contributed by atoms with Crippen LogP contribution in [0.3, 0.4) is 0 Å². The molecule has 0 atom stereocenters. The molecule has 2 aromatic carbocycles. The van der Waals surface area contributed by atoms with E-state index in [1.165, 1.54) is 21.6 Å². The molecule has 2 nitrogen and oxygen atoms in total. The van der Waals surface area contributed by atoms with Crippen LogP contribution in [0.25, 0.3) is 11.3 Å². The largest absolute Gasteiger partial charge is 0.375 e. The maximum atomic E-state index is 5.93. The fourth-order valence-corrected chi connectivity index (χ4v) is 3.20. The van der Waals surface area contributed by atoms with Gasteiger partial charge < -0.3 is 5.73 Å². The van der Waals surface area contributed by atoms with Crippen molar-refractivity contribution in [3.8, 4) is 11.3 Å². The summed E-state index contributed by atoms with van der Waals surface area (Å²) in [5.74, 6) is 0. The third-order valence-corrected chi connectivity index (χ3v) is 4.21. The lowest BCUT2D eigenvalue weighted by atomic mass is 10.0. The summed E-state index contributed by atoms with van der Waals surface area (Å²) in [5.41, 5.74) is 10.6. The summed E-state index contributed by atoms with van der Waals surface area (Å²) in [6, 6.07) is 18.7. The van der Waals surface area contributed by atoms with Gasteiger partial charge in [0.1, 0.15) is 0 Å². The molecule has 2 N–H and O–H groups in total. The van der Waals surface area contributed by atoms with Crippen LogP contribution in [0.2, 0.25) is 0 Å². The first kappa shape index (κ1) is 12.9. The van der Waals surface area contributed by atoms with Gasteiger partial charge in [-0.05, 0) is 18.1 Å². The second kappa shape index (κ2) is 5.47. The van der Waals surface area contributed by atoms with E-state index in [9.17, 15) is 0 Å². The molecular formula is C17H16N2S. The lowest BCUT2D eigenvalue weighted by Gasteiger charge is -2.05. The molecule has 0 spiro atoms. The Balaban J connectivity index is 2.03. The van der Waals surface area contributed by atoms with E-state index in [1.807, 2.05) is 18.2 Å². The van der Waals surface area contributed by atoms with Gasteiger partial charge in [0.2, 0.25) is 0 Å². The molecule has 1 aromatic heterocycles. The van der Waals surface area contributed by atoms with Crippen LogP contribution in [0.15, 0.2) is 54.6 Å². The number of nitrogen functional groups attached to an aromatic ring is 1. The van der Waals surface area contributed by atoms with E-state index in [-0.39, 0.29) is 0 Å². The minimum Gasteiger partial charge on any atom is -0.375 e. The number of hydrogen-bond donors (Lipinski definition) is 1. The van der Waals surface area contributed by atoms with Gasteiger partial charge in [-0.3, -0.25) is 0 Å². The molecule has 1 heterocycles. The second-order valence-electron chi connectivity index (χ2n) is 4.80. The Kier molecular flexibility index (Phi) is 3.52.